The van der Waals surface area contributed by atoms with Crippen molar-refractivity contribution in [1.29, 1.82) is 0 Å². The summed E-state index contributed by atoms with van der Waals surface area (Å²) in [5.74, 6) is -1.32. The van der Waals surface area contributed by atoms with Crippen LogP contribution in [-0.4, -0.2) is 33.9 Å². The first kappa shape index (κ1) is 23.6. The Hall–Kier alpha value is -3.07. The summed E-state index contributed by atoms with van der Waals surface area (Å²) in [6, 6.07) is 18.3. The van der Waals surface area contributed by atoms with Gasteiger partial charge in [0.2, 0.25) is 5.91 Å². The van der Waals surface area contributed by atoms with E-state index in [0.29, 0.717) is 0 Å². The molecule has 0 fully saturated rings. The lowest BCUT2D eigenvalue weighted by Crippen LogP contribution is -2.38. The molecule has 0 aliphatic rings. The highest BCUT2D eigenvalue weighted by molar-refractivity contribution is 7.92. The van der Waals surface area contributed by atoms with Gasteiger partial charge >= 0.3 is 5.97 Å². The van der Waals surface area contributed by atoms with Gasteiger partial charge in [-0.25, -0.2) is 13.2 Å². The van der Waals surface area contributed by atoms with E-state index in [4.69, 9.17) is 23.2 Å². The number of hydrogen-bond acceptors (Lipinski definition) is 5. The summed E-state index contributed by atoms with van der Waals surface area (Å²) < 4.78 is 32.2. The summed E-state index contributed by atoms with van der Waals surface area (Å²) in [4.78, 5) is 24.7. The Morgan fingerprint density at radius 2 is 1.59 bits per heavy atom. The maximum absolute atomic E-state index is 13.3. The zero-order valence-corrected chi connectivity index (χ0v) is 19.1. The maximum atomic E-state index is 13.3. The number of sulfonamides is 1. The van der Waals surface area contributed by atoms with Gasteiger partial charge in [0.15, 0.2) is 0 Å². The molecule has 3 aromatic rings. The molecule has 0 saturated heterocycles. The highest BCUT2D eigenvalue weighted by atomic mass is 35.5. The largest absolute Gasteiger partial charge is 0.465 e. The lowest BCUT2D eigenvalue weighted by atomic mass is 10.2. The molecule has 0 bridgehead atoms. The molecule has 0 radical (unpaired) electrons. The molecule has 3 rings (SSSR count). The van der Waals surface area contributed by atoms with Crippen LogP contribution in [-0.2, 0) is 19.6 Å². The van der Waals surface area contributed by atoms with Crippen LogP contribution in [0.4, 0.5) is 11.4 Å². The van der Waals surface area contributed by atoms with E-state index in [0.717, 1.165) is 4.31 Å². The Bertz CT molecular complexity index is 1250. The summed E-state index contributed by atoms with van der Waals surface area (Å²) in [7, 11) is -2.90. The third-order valence-electron chi connectivity index (χ3n) is 4.39. The Morgan fingerprint density at radius 3 is 2.25 bits per heavy atom. The topological polar surface area (TPSA) is 92.8 Å². The van der Waals surface area contributed by atoms with Crippen LogP contribution in [0.3, 0.4) is 0 Å². The van der Waals surface area contributed by atoms with Crippen molar-refractivity contribution >= 4 is 56.5 Å². The van der Waals surface area contributed by atoms with E-state index in [1.807, 2.05) is 0 Å². The number of esters is 1. The zero-order chi connectivity index (χ0) is 23.3. The van der Waals surface area contributed by atoms with Crippen molar-refractivity contribution in [2.45, 2.75) is 4.90 Å². The Labute approximate surface area is 195 Å². The number of amides is 1. The molecule has 166 valence electrons. The molecule has 0 aliphatic carbocycles. The fourth-order valence-electron chi connectivity index (χ4n) is 2.87. The lowest BCUT2D eigenvalue weighted by molar-refractivity contribution is -0.114. The second-order valence-electron chi connectivity index (χ2n) is 6.51. The van der Waals surface area contributed by atoms with Crippen LogP contribution in [0.2, 0.25) is 10.0 Å². The smallest absolute Gasteiger partial charge is 0.339 e. The van der Waals surface area contributed by atoms with Crippen molar-refractivity contribution < 1.29 is 22.7 Å². The van der Waals surface area contributed by atoms with E-state index >= 15 is 0 Å². The summed E-state index contributed by atoms with van der Waals surface area (Å²) in [5.41, 5.74) is 0.461. The average molecular weight is 493 g/mol. The number of ether oxygens (including phenoxy) is 1. The Kier molecular flexibility index (Phi) is 7.40. The third-order valence-corrected chi connectivity index (χ3v) is 6.82. The summed E-state index contributed by atoms with van der Waals surface area (Å²) in [6.07, 6.45) is 0. The molecule has 0 heterocycles. The maximum Gasteiger partial charge on any atom is 0.339 e. The molecule has 32 heavy (non-hydrogen) atoms. The van der Waals surface area contributed by atoms with Crippen molar-refractivity contribution in [3.8, 4) is 0 Å². The van der Waals surface area contributed by atoms with Gasteiger partial charge in [-0.2, -0.15) is 0 Å². The van der Waals surface area contributed by atoms with Crippen LogP contribution in [0.5, 0.6) is 0 Å². The van der Waals surface area contributed by atoms with E-state index in [1.165, 1.54) is 49.6 Å². The predicted octanol–water partition coefficient (Wildman–Crippen LogP) is 4.61. The molecule has 1 amide bonds. The zero-order valence-electron chi connectivity index (χ0n) is 16.8. The molecule has 0 aromatic heterocycles. The van der Waals surface area contributed by atoms with E-state index in [-0.39, 0.29) is 31.9 Å². The quantitative estimate of drug-likeness (QED) is 0.485. The molecule has 0 aliphatic heterocycles. The summed E-state index contributed by atoms with van der Waals surface area (Å²) in [5, 5.41) is 2.90. The number of rotatable bonds is 7. The van der Waals surface area contributed by atoms with Gasteiger partial charge in [0.1, 0.15) is 6.54 Å². The molecule has 0 unspecified atom stereocenters. The molecule has 10 heteroatoms. The first-order chi connectivity index (χ1) is 15.2. The van der Waals surface area contributed by atoms with E-state index in [2.05, 4.69) is 10.1 Å². The number of para-hydroxylation sites is 1. The number of hydrogen-bond donors (Lipinski definition) is 1. The van der Waals surface area contributed by atoms with Gasteiger partial charge in [-0.05, 0) is 42.5 Å². The fraction of sp³-hybridized carbons (Fsp3) is 0.0909. The normalized spacial score (nSPS) is 11.0. The number of nitrogens with one attached hydrogen (secondary N) is 1. The Morgan fingerprint density at radius 1 is 0.938 bits per heavy atom. The van der Waals surface area contributed by atoms with E-state index in [1.54, 1.807) is 30.3 Å². The van der Waals surface area contributed by atoms with Crippen molar-refractivity contribution in [2.24, 2.45) is 0 Å². The average Bonchev–Trinajstić information content (AvgIpc) is 2.79. The van der Waals surface area contributed by atoms with Crippen molar-refractivity contribution in [3.63, 3.8) is 0 Å². The van der Waals surface area contributed by atoms with Gasteiger partial charge in [0, 0.05) is 5.69 Å². The number of nitrogens with zero attached hydrogens (tertiary/aromatic N) is 1. The highest BCUT2D eigenvalue weighted by Crippen LogP contribution is 2.30. The van der Waals surface area contributed by atoms with E-state index in [9.17, 15) is 18.0 Å². The number of carbonyl (C=O) groups excluding carboxylic acids is 2. The van der Waals surface area contributed by atoms with Gasteiger partial charge < -0.3 is 10.1 Å². The van der Waals surface area contributed by atoms with Gasteiger partial charge in [0.05, 0.1) is 33.3 Å². The van der Waals surface area contributed by atoms with Crippen LogP contribution in [0.15, 0.2) is 77.7 Å². The first-order valence-corrected chi connectivity index (χ1v) is 11.4. The van der Waals surface area contributed by atoms with Gasteiger partial charge in [0.25, 0.3) is 10.0 Å². The molecule has 0 saturated carbocycles. The van der Waals surface area contributed by atoms with Crippen LogP contribution in [0, 0.1) is 0 Å². The third kappa shape index (κ3) is 5.21. The minimum atomic E-state index is -4.10. The molecular weight excluding hydrogens is 475 g/mol. The van der Waals surface area contributed by atoms with Crippen LogP contribution in [0.1, 0.15) is 10.4 Å². The number of anilines is 2. The second-order valence-corrected chi connectivity index (χ2v) is 9.19. The van der Waals surface area contributed by atoms with Gasteiger partial charge in [-0.3, -0.25) is 9.10 Å². The van der Waals surface area contributed by atoms with Gasteiger partial charge in [-0.1, -0.05) is 53.5 Å². The molecule has 7 nitrogen and oxygen atoms in total. The van der Waals surface area contributed by atoms with Crippen LogP contribution in [0.25, 0.3) is 0 Å². The SMILES string of the molecule is COC(=O)c1cc(NC(=O)CN(c2ccccc2Cl)S(=O)(=O)c2ccccc2)ccc1Cl. The first-order valence-electron chi connectivity index (χ1n) is 9.24. The monoisotopic (exact) mass is 492 g/mol. The standard InChI is InChI=1S/C22H18Cl2N2O5S/c1-31-22(28)17-13-15(11-12-18(17)23)25-21(27)14-26(20-10-6-5-9-19(20)24)32(29,30)16-7-3-2-4-8-16/h2-13H,14H2,1H3,(H,25,27). The number of benzene rings is 3. The molecule has 3 aromatic carbocycles. The summed E-state index contributed by atoms with van der Waals surface area (Å²) in [6.45, 7) is -0.558. The van der Waals surface area contributed by atoms with Crippen LogP contribution < -0.4 is 9.62 Å². The number of halogens is 2. The van der Waals surface area contributed by atoms with Crippen LogP contribution >= 0.6 is 23.2 Å². The second kappa shape index (κ2) is 10.0. The Balaban J connectivity index is 1.93. The minimum Gasteiger partial charge on any atom is -0.465 e. The fourth-order valence-corrected chi connectivity index (χ4v) is 4.82. The highest BCUT2D eigenvalue weighted by Gasteiger charge is 2.28. The minimum absolute atomic E-state index is 0.00666. The van der Waals surface area contributed by atoms with E-state index < -0.39 is 28.4 Å². The van der Waals surface area contributed by atoms with Crippen molar-refractivity contribution in [3.05, 3.63) is 88.4 Å². The van der Waals surface area contributed by atoms with Crippen molar-refractivity contribution in [2.75, 3.05) is 23.3 Å². The molecule has 0 spiro atoms. The van der Waals surface area contributed by atoms with Crippen molar-refractivity contribution in [1.82, 2.24) is 0 Å². The lowest BCUT2D eigenvalue weighted by Gasteiger charge is -2.25. The summed E-state index contributed by atoms with van der Waals surface area (Å²) >= 11 is 12.2. The molecular formula is C22H18Cl2N2O5S. The predicted molar refractivity (Wildman–Crippen MR) is 124 cm³/mol. The van der Waals surface area contributed by atoms with Gasteiger partial charge in [-0.15, -0.1) is 0 Å². The molecule has 0 atom stereocenters. The molecule has 1 N–H and O–H groups in total. The number of methoxy groups -OCH3 is 1. The number of carbonyl (C=O) groups is 2.